The normalized spacial score (nSPS) is 24.6. The second-order valence-electron chi connectivity index (χ2n) is 5.75. The summed E-state index contributed by atoms with van der Waals surface area (Å²) in [5.74, 6) is 0.0200. The zero-order valence-electron chi connectivity index (χ0n) is 11.4. The average Bonchev–Trinajstić information content (AvgIpc) is 2.89. The molecule has 0 aromatic rings. The van der Waals surface area contributed by atoms with Crippen LogP contribution in [0.2, 0.25) is 0 Å². The minimum Gasteiger partial charge on any atom is -0.481 e. The zero-order chi connectivity index (χ0) is 13.7. The molecule has 0 spiro atoms. The van der Waals surface area contributed by atoms with Gasteiger partial charge in [0.25, 0.3) is 0 Å². The van der Waals surface area contributed by atoms with Gasteiger partial charge in [0.15, 0.2) is 0 Å². The molecule has 2 rings (SSSR count). The van der Waals surface area contributed by atoms with Crippen molar-refractivity contribution in [1.29, 1.82) is 0 Å². The molecule has 0 radical (unpaired) electrons. The molecule has 108 valence electrons. The van der Waals surface area contributed by atoms with Crippen LogP contribution in [0.1, 0.15) is 44.9 Å². The first-order chi connectivity index (χ1) is 9.15. The molecule has 5 heteroatoms. The van der Waals surface area contributed by atoms with Crippen molar-refractivity contribution >= 4 is 11.9 Å². The maximum atomic E-state index is 12.1. The molecule has 19 heavy (non-hydrogen) atoms. The van der Waals surface area contributed by atoms with E-state index in [-0.39, 0.29) is 12.3 Å². The zero-order valence-corrected chi connectivity index (χ0v) is 11.4. The Balaban J connectivity index is 1.67. The minimum atomic E-state index is -0.717. The highest BCUT2D eigenvalue weighted by Crippen LogP contribution is 2.23. The molecule has 2 aliphatic rings. The van der Waals surface area contributed by atoms with Gasteiger partial charge in [0.2, 0.25) is 5.91 Å². The van der Waals surface area contributed by atoms with E-state index in [1.165, 1.54) is 6.42 Å². The van der Waals surface area contributed by atoms with Gasteiger partial charge in [-0.2, -0.15) is 0 Å². The fraction of sp³-hybridized carbons (Fsp3) is 0.857. The van der Waals surface area contributed by atoms with Crippen LogP contribution in [0.4, 0.5) is 0 Å². The van der Waals surface area contributed by atoms with E-state index in [0.29, 0.717) is 18.4 Å². The molecule has 0 aliphatic carbocycles. The number of nitrogens with zero attached hydrogens (tertiary/aromatic N) is 1. The first kappa shape index (κ1) is 14.3. The molecular formula is C14H24N2O3. The van der Waals surface area contributed by atoms with Crippen LogP contribution in [0.15, 0.2) is 0 Å². The summed E-state index contributed by atoms with van der Waals surface area (Å²) in [5.41, 5.74) is 0. The number of carboxylic acid groups (broad SMARTS) is 1. The van der Waals surface area contributed by atoms with Crippen molar-refractivity contribution in [1.82, 2.24) is 10.2 Å². The van der Waals surface area contributed by atoms with Gasteiger partial charge < -0.3 is 15.3 Å². The van der Waals surface area contributed by atoms with Crippen molar-refractivity contribution in [2.45, 2.75) is 51.0 Å². The van der Waals surface area contributed by atoms with E-state index in [1.807, 2.05) is 4.90 Å². The van der Waals surface area contributed by atoms with Gasteiger partial charge in [0.05, 0.1) is 0 Å². The van der Waals surface area contributed by atoms with Crippen LogP contribution in [0.25, 0.3) is 0 Å². The monoisotopic (exact) mass is 268 g/mol. The lowest BCUT2D eigenvalue weighted by Crippen LogP contribution is -2.41. The third kappa shape index (κ3) is 4.49. The van der Waals surface area contributed by atoms with Crippen molar-refractivity contribution in [3.05, 3.63) is 0 Å². The van der Waals surface area contributed by atoms with Gasteiger partial charge in [0, 0.05) is 32.0 Å². The molecule has 0 aromatic carbocycles. The van der Waals surface area contributed by atoms with E-state index in [9.17, 15) is 9.59 Å². The Morgan fingerprint density at radius 2 is 1.95 bits per heavy atom. The van der Waals surface area contributed by atoms with Crippen LogP contribution in [0, 0.1) is 5.92 Å². The summed E-state index contributed by atoms with van der Waals surface area (Å²) in [5, 5.41) is 12.0. The molecule has 1 amide bonds. The van der Waals surface area contributed by atoms with Crippen LogP contribution < -0.4 is 5.32 Å². The molecule has 0 bridgehead atoms. The van der Waals surface area contributed by atoms with Crippen LogP contribution in [0.5, 0.6) is 0 Å². The SMILES string of the molecule is O=C(O)CCC1CCN(C(=O)CC2CCCN2)CC1. The number of amides is 1. The highest BCUT2D eigenvalue weighted by atomic mass is 16.4. The molecule has 5 nitrogen and oxygen atoms in total. The van der Waals surface area contributed by atoms with Crippen LogP contribution in [-0.4, -0.2) is 47.6 Å². The van der Waals surface area contributed by atoms with Gasteiger partial charge >= 0.3 is 5.97 Å². The third-order valence-corrected chi connectivity index (χ3v) is 4.32. The topological polar surface area (TPSA) is 69.6 Å². The minimum absolute atomic E-state index is 0.255. The summed E-state index contributed by atoms with van der Waals surface area (Å²) in [4.78, 5) is 24.6. The second kappa shape index (κ2) is 6.89. The number of rotatable bonds is 5. The predicted molar refractivity (Wildman–Crippen MR) is 71.8 cm³/mol. The Labute approximate surface area is 114 Å². The number of carbonyl (C=O) groups is 2. The number of aliphatic carboxylic acids is 1. The second-order valence-corrected chi connectivity index (χ2v) is 5.75. The summed E-state index contributed by atoms with van der Waals surface area (Å²) in [7, 11) is 0. The number of hydrogen-bond acceptors (Lipinski definition) is 3. The summed E-state index contributed by atoms with van der Waals surface area (Å²) in [6, 6.07) is 0.372. The molecule has 2 aliphatic heterocycles. The number of piperidine rings is 1. The Kier molecular flexibility index (Phi) is 5.19. The standard InChI is InChI=1S/C14H24N2O3/c17-13(10-12-2-1-7-15-12)16-8-5-11(6-9-16)3-4-14(18)19/h11-12,15H,1-10H2,(H,18,19). The molecule has 2 saturated heterocycles. The smallest absolute Gasteiger partial charge is 0.303 e. The lowest BCUT2D eigenvalue weighted by Gasteiger charge is -2.32. The maximum absolute atomic E-state index is 12.1. The fourth-order valence-corrected chi connectivity index (χ4v) is 3.07. The molecular weight excluding hydrogens is 244 g/mol. The Morgan fingerprint density at radius 3 is 2.53 bits per heavy atom. The molecule has 2 N–H and O–H groups in total. The number of nitrogens with one attached hydrogen (secondary N) is 1. The van der Waals surface area contributed by atoms with E-state index in [1.54, 1.807) is 0 Å². The summed E-state index contributed by atoms with van der Waals surface area (Å²) >= 11 is 0. The first-order valence-electron chi connectivity index (χ1n) is 7.38. The van der Waals surface area contributed by atoms with Gasteiger partial charge in [-0.3, -0.25) is 9.59 Å². The first-order valence-corrected chi connectivity index (χ1v) is 7.38. The lowest BCUT2D eigenvalue weighted by atomic mass is 9.92. The largest absolute Gasteiger partial charge is 0.481 e. The van der Waals surface area contributed by atoms with Crippen molar-refractivity contribution in [2.24, 2.45) is 5.92 Å². The van der Waals surface area contributed by atoms with E-state index in [4.69, 9.17) is 5.11 Å². The quantitative estimate of drug-likeness (QED) is 0.787. The van der Waals surface area contributed by atoms with E-state index in [0.717, 1.165) is 45.3 Å². The van der Waals surface area contributed by atoms with Gasteiger partial charge in [-0.05, 0) is 44.6 Å². The number of hydrogen-bond donors (Lipinski definition) is 2. The van der Waals surface area contributed by atoms with Crippen LogP contribution >= 0.6 is 0 Å². The van der Waals surface area contributed by atoms with Crippen molar-refractivity contribution in [3.8, 4) is 0 Å². The average molecular weight is 268 g/mol. The molecule has 2 fully saturated rings. The number of carbonyl (C=O) groups excluding carboxylic acids is 1. The van der Waals surface area contributed by atoms with Crippen LogP contribution in [0.3, 0.4) is 0 Å². The van der Waals surface area contributed by atoms with Gasteiger partial charge in [-0.25, -0.2) is 0 Å². The van der Waals surface area contributed by atoms with E-state index < -0.39 is 5.97 Å². The van der Waals surface area contributed by atoms with E-state index in [2.05, 4.69) is 5.32 Å². The molecule has 0 saturated carbocycles. The third-order valence-electron chi connectivity index (χ3n) is 4.32. The maximum Gasteiger partial charge on any atom is 0.303 e. The summed E-state index contributed by atoms with van der Waals surface area (Å²) in [6.07, 6.45) is 5.83. The predicted octanol–water partition coefficient (Wildman–Crippen LogP) is 1.23. The summed E-state index contributed by atoms with van der Waals surface area (Å²) < 4.78 is 0. The number of likely N-dealkylation sites (tertiary alicyclic amines) is 1. The highest BCUT2D eigenvalue weighted by molar-refractivity contribution is 5.77. The molecule has 0 aromatic heterocycles. The fourth-order valence-electron chi connectivity index (χ4n) is 3.07. The van der Waals surface area contributed by atoms with Gasteiger partial charge in [-0.15, -0.1) is 0 Å². The van der Waals surface area contributed by atoms with Crippen molar-refractivity contribution < 1.29 is 14.7 Å². The highest BCUT2D eigenvalue weighted by Gasteiger charge is 2.25. The Morgan fingerprint density at radius 1 is 1.21 bits per heavy atom. The molecule has 1 unspecified atom stereocenters. The van der Waals surface area contributed by atoms with Gasteiger partial charge in [-0.1, -0.05) is 0 Å². The molecule has 2 heterocycles. The van der Waals surface area contributed by atoms with Crippen LogP contribution in [-0.2, 0) is 9.59 Å². The Hall–Kier alpha value is -1.10. The lowest BCUT2D eigenvalue weighted by molar-refractivity contribution is -0.138. The van der Waals surface area contributed by atoms with E-state index >= 15 is 0 Å². The Bertz CT molecular complexity index is 319. The van der Waals surface area contributed by atoms with Gasteiger partial charge in [0.1, 0.15) is 0 Å². The molecule has 1 atom stereocenters. The summed E-state index contributed by atoms with van der Waals surface area (Å²) in [6.45, 7) is 2.64. The van der Waals surface area contributed by atoms with Crippen molar-refractivity contribution in [2.75, 3.05) is 19.6 Å². The van der Waals surface area contributed by atoms with Crippen molar-refractivity contribution in [3.63, 3.8) is 0 Å². The number of carboxylic acids is 1.